The number of hydrogen-bond acceptors (Lipinski definition) is 3. The lowest BCUT2D eigenvalue weighted by Crippen LogP contribution is -2.35. The van der Waals surface area contributed by atoms with Gasteiger partial charge in [0.2, 0.25) is 0 Å². The highest BCUT2D eigenvalue weighted by molar-refractivity contribution is 6.70. The molecule has 0 rings (SSSR count). The smallest absolute Gasteiger partial charge is 0.183 e. The number of Topliss-reactive ketones (excluding diaryl/α,β-unsaturated/α-hetero) is 1. The highest BCUT2D eigenvalue weighted by atomic mass is 28.4. The molecule has 0 spiro atoms. The minimum absolute atomic E-state index is 0.0987. The molecule has 0 bridgehead atoms. The first-order valence-corrected chi connectivity index (χ1v) is 12.6. The maximum absolute atomic E-state index is 11.4. The van der Waals surface area contributed by atoms with E-state index in [1.165, 1.54) is 0 Å². The van der Waals surface area contributed by atoms with Crippen LogP contribution in [0.1, 0.15) is 6.92 Å². The largest absolute Gasteiger partial charge is 0.417 e. The Morgan fingerprint density at radius 3 is 1.44 bits per heavy atom. The van der Waals surface area contributed by atoms with Gasteiger partial charge in [0.25, 0.3) is 0 Å². The third-order valence-electron chi connectivity index (χ3n) is 2.01. The Labute approximate surface area is 102 Å². The van der Waals surface area contributed by atoms with Gasteiger partial charge in [-0.15, -0.1) is 0 Å². The quantitative estimate of drug-likeness (QED) is 0.662. The molecule has 16 heavy (non-hydrogen) atoms. The van der Waals surface area contributed by atoms with Crippen molar-refractivity contribution < 1.29 is 13.6 Å². The van der Waals surface area contributed by atoms with Gasteiger partial charge in [-0.05, 0) is 46.2 Å². The van der Waals surface area contributed by atoms with Crippen LogP contribution in [0.5, 0.6) is 0 Å². The summed E-state index contributed by atoms with van der Waals surface area (Å²) in [5.41, 5.74) is 0. The summed E-state index contributed by atoms with van der Waals surface area (Å²) in [5.74, 6) is 0.0648. The molecule has 0 aliphatic rings. The van der Waals surface area contributed by atoms with Crippen molar-refractivity contribution in [1.29, 1.82) is 0 Å². The molecule has 0 saturated carbocycles. The molecule has 0 unspecified atom stereocenters. The Morgan fingerprint density at radius 1 is 0.938 bits per heavy atom. The average Bonchev–Trinajstić information content (AvgIpc) is 1.98. The minimum Gasteiger partial charge on any atom is -0.417 e. The van der Waals surface area contributed by atoms with Gasteiger partial charge >= 0.3 is 0 Å². The first kappa shape index (κ1) is 16.0. The van der Waals surface area contributed by atoms with Crippen LogP contribution in [-0.4, -0.2) is 35.6 Å². The zero-order valence-electron chi connectivity index (χ0n) is 11.7. The molecule has 0 N–H and O–H groups in total. The number of rotatable bonds is 7. The Hall–Kier alpha value is 0.0238. The molecule has 0 aliphatic heterocycles. The predicted octanol–water partition coefficient (Wildman–Crippen LogP) is 2.89. The molecule has 0 amide bonds. The van der Waals surface area contributed by atoms with Crippen LogP contribution in [-0.2, 0) is 13.6 Å². The van der Waals surface area contributed by atoms with Crippen LogP contribution >= 0.6 is 0 Å². The van der Waals surface area contributed by atoms with Gasteiger partial charge in [0.05, 0.1) is 5.92 Å². The van der Waals surface area contributed by atoms with E-state index in [1.807, 2.05) is 0 Å². The van der Waals surface area contributed by atoms with Crippen molar-refractivity contribution in [2.75, 3.05) is 13.2 Å². The number of hydrogen-bond donors (Lipinski definition) is 0. The molecule has 0 atom stereocenters. The molecule has 0 aromatic rings. The average molecular weight is 262 g/mol. The maximum Gasteiger partial charge on any atom is 0.183 e. The molecule has 96 valence electrons. The fraction of sp³-hybridized carbons (Fsp3) is 0.909. The van der Waals surface area contributed by atoms with Crippen LogP contribution in [0.15, 0.2) is 0 Å². The Kier molecular flexibility index (Phi) is 6.10. The summed E-state index contributed by atoms with van der Waals surface area (Å²) < 4.78 is 11.5. The summed E-state index contributed by atoms with van der Waals surface area (Å²) in [4.78, 5) is 11.4. The minimum atomic E-state index is -1.54. The zero-order chi connectivity index (χ0) is 13.0. The van der Waals surface area contributed by atoms with E-state index in [-0.39, 0.29) is 11.7 Å². The highest BCUT2D eigenvalue weighted by Crippen LogP contribution is 2.11. The third kappa shape index (κ3) is 9.26. The monoisotopic (exact) mass is 262 g/mol. The summed E-state index contributed by atoms with van der Waals surface area (Å²) in [7, 11) is -3.07. The predicted molar refractivity (Wildman–Crippen MR) is 72.8 cm³/mol. The Morgan fingerprint density at radius 2 is 1.25 bits per heavy atom. The van der Waals surface area contributed by atoms with E-state index in [0.29, 0.717) is 13.2 Å². The second kappa shape index (κ2) is 6.09. The summed E-state index contributed by atoms with van der Waals surface area (Å²) in [6.07, 6.45) is 0. The lowest BCUT2D eigenvalue weighted by Gasteiger charge is -2.24. The lowest BCUT2D eigenvalue weighted by molar-refractivity contribution is -0.122. The van der Waals surface area contributed by atoms with Crippen molar-refractivity contribution in [3.63, 3.8) is 0 Å². The van der Waals surface area contributed by atoms with Gasteiger partial charge < -0.3 is 8.85 Å². The molecule has 0 radical (unpaired) electrons. The van der Waals surface area contributed by atoms with E-state index in [0.717, 1.165) is 0 Å². The second-order valence-electron chi connectivity index (χ2n) is 6.15. The normalized spacial score (nSPS) is 13.2. The molecule has 0 saturated heterocycles. The van der Waals surface area contributed by atoms with Crippen LogP contribution in [0.25, 0.3) is 0 Å². The van der Waals surface area contributed by atoms with Gasteiger partial charge in [0.15, 0.2) is 16.6 Å². The molecule has 0 aliphatic carbocycles. The molecule has 0 heterocycles. The molecule has 3 nitrogen and oxygen atoms in total. The molecular formula is C11H26O3Si2. The SMILES string of the molecule is CC(=O)C(CO[Si](C)(C)C)CO[Si](C)(C)C. The van der Waals surface area contributed by atoms with Crippen molar-refractivity contribution in [1.82, 2.24) is 0 Å². The molecule has 0 aromatic heterocycles. The molecular weight excluding hydrogens is 236 g/mol. The van der Waals surface area contributed by atoms with Crippen molar-refractivity contribution in [2.24, 2.45) is 5.92 Å². The van der Waals surface area contributed by atoms with Crippen LogP contribution < -0.4 is 0 Å². The fourth-order valence-electron chi connectivity index (χ4n) is 0.984. The summed E-state index contributed by atoms with van der Waals surface area (Å²) in [6, 6.07) is 0. The number of ketones is 1. The fourth-order valence-corrected chi connectivity index (χ4v) is 2.39. The lowest BCUT2D eigenvalue weighted by atomic mass is 10.1. The van der Waals surface area contributed by atoms with Gasteiger partial charge in [-0.3, -0.25) is 4.79 Å². The van der Waals surface area contributed by atoms with Crippen LogP contribution in [0.4, 0.5) is 0 Å². The van der Waals surface area contributed by atoms with E-state index in [1.54, 1.807) is 6.92 Å². The molecule has 0 aromatic carbocycles. The van der Waals surface area contributed by atoms with Gasteiger partial charge in [-0.25, -0.2) is 0 Å². The van der Waals surface area contributed by atoms with E-state index in [2.05, 4.69) is 39.3 Å². The van der Waals surface area contributed by atoms with Crippen LogP contribution in [0.3, 0.4) is 0 Å². The Balaban J connectivity index is 4.15. The third-order valence-corrected chi connectivity index (χ3v) is 4.08. The number of carbonyl (C=O) groups excluding carboxylic acids is 1. The zero-order valence-corrected chi connectivity index (χ0v) is 13.7. The van der Waals surface area contributed by atoms with Crippen molar-refractivity contribution in [2.45, 2.75) is 46.2 Å². The van der Waals surface area contributed by atoms with E-state index in [9.17, 15) is 4.79 Å². The first-order valence-electron chi connectivity index (χ1n) is 5.79. The standard InChI is InChI=1S/C11H26O3Si2/c1-10(12)11(8-13-15(2,3)4)9-14-16(5,6)7/h11H,8-9H2,1-7H3. The van der Waals surface area contributed by atoms with Gasteiger partial charge in [0.1, 0.15) is 5.78 Å². The summed E-state index contributed by atoms with van der Waals surface area (Å²) in [6.45, 7) is 15.4. The summed E-state index contributed by atoms with van der Waals surface area (Å²) in [5, 5.41) is 0. The van der Waals surface area contributed by atoms with Gasteiger partial charge in [0, 0.05) is 13.2 Å². The molecule has 0 fully saturated rings. The van der Waals surface area contributed by atoms with E-state index < -0.39 is 16.6 Å². The number of carbonyl (C=O) groups is 1. The van der Waals surface area contributed by atoms with Gasteiger partial charge in [-0.2, -0.15) is 0 Å². The highest BCUT2D eigenvalue weighted by Gasteiger charge is 2.23. The summed E-state index contributed by atoms with van der Waals surface area (Å²) >= 11 is 0. The maximum atomic E-state index is 11.4. The van der Waals surface area contributed by atoms with Crippen molar-refractivity contribution in [3.8, 4) is 0 Å². The Bertz CT molecular complexity index is 210. The topological polar surface area (TPSA) is 35.5 Å². The van der Waals surface area contributed by atoms with Gasteiger partial charge in [-0.1, -0.05) is 0 Å². The second-order valence-corrected chi connectivity index (χ2v) is 15.2. The van der Waals surface area contributed by atoms with Crippen LogP contribution in [0, 0.1) is 5.92 Å². The molecule has 5 heteroatoms. The van der Waals surface area contributed by atoms with Crippen LogP contribution in [0.2, 0.25) is 39.3 Å². The van der Waals surface area contributed by atoms with E-state index in [4.69, 9.17) is 8.85 Å². The van der Waals surface area contributed by atoms with E-state index >= 15 is 0 Å². The first-order chi connectivity index (χ1) is 7.01. The van der Waals surface area contributed by atoms with Crippen molar-refractivity contribution in [3.05, 3.63) is 0 Å². The van der Waals surface area contributed by atoms with Crippen molar-refractivity contribution >= 4 is 22.4 Å².